The molecule has 1 N–H and O–H groups in total. The van der Waals surface area contributed by atoms with Crippen LogP contribution in [0.25, 0.3) is 0 Å². The van der Waals surface area contributed by atoms with Crippen LogP contribution in [0.5, 0.6) is 0 Å². The van der Waals surface area contributed by atoms with Crippen molar-refractivity contribution < 1.29 is 9.63 Å². The Kier molecular flexibility index (Phi) is 4.11. The molecule has 0 bridgehead atoms. The van der Waals surface area contributed by atoms with Gasteiger partial charge in [-0.25, -0.2) is 0 Å². The average molecular weight is 126 g/mol. The summed E-state index contributed by atoms with van der Waals surface area (Å²) in [6, 6.07) is 0. The van der Waals surface area contributed by atoms with Crippen LogP contribution in [0.15, 0.2) is 0 Å². The van der Waals surface area contributed by atoms with Gasteiger partial charge in [0.1, 0.15) is 0 Å². The third-order valence-electron chi connectivity index (χ3n) is 0.357. The lowest BCUT2D eigenvalue weighted by Crippen LogP contribution is -1.71. The molecule has 0 radical (unpaired) electrons. The van der Waals surface area contributed by atoms with Gasteiger partial charge in [0.25, 0.3) is 0 Å². The van der Waals surface area contributed by atoms with Gasteiger partial charge in [-0.3, -0.25) is 0 Å². The fourth-order valence-corrected chi connectivity index (χ4v) is 0.194. The maximum atomic E-state index is 8.15. The molecule has 0 rings (SSSR count). The molecule has 0 aliphatic heterocycles. The van der Waals surface area contributed by atoms with E-state index >= 15 is 0 Å². The van der Waals surface area contributed by atoms with Crippen LogP contribution in [-0.2, 0) is 16.3 Å². The van der Waals surface area contributed by atoms with Crippen LogP contribution >= 0.6 is 6.92 Å². The molecule has 4 heteroatoms. The smallest absolute Gasteiger partial charge is 0.0918 e. The van der Waals surface area contributed by atoms with Gasteiger partial charge in [0, 0.05) is 7.11 Å². The molecule has 1 unspecified atom stereocenters. The van der Waals surface area contributed by atoms with Crippen LogP contribution in [0.3, 0.4) is 0 Å². The summed E-state index contributed by atoms with van der Waals surface area (Å²) in [4.78, 5) is 0. The highest BCUT2D eigenvalue weighted by atomic mass is 32.4. The van der Waals surface area contributed by atoms with E-state index in [1.165, 1.54) is 7.11 Å². The molecule has 0 aromatic heterocycles. The number of aliphatic hydroxyl groups excluding tert-OH is 1. The monoisotopic (exact) mass is 126 g/mol. The normalized spacial score (nSPS) is 14.3. The summed E-state index contributed by atoms with van der Waals surface area (Å²) in [5.41, 5.74) is 0. The van der Waals surface area contributed by atoms with Crippen molar-refractivity contribution >= 4 is 18.7 Å². The molecule has 0 heterocycles. The molecule has 0 aliphatic carbocycles. The summed E-state index contributed by atoms with van der Waals surface area (Å²) in [5.74, 6) is 0. The fourth-order valence-electron chi connectivity index (χ4n) is 0.0645. The lowest BCUT2D eigenvalue weighted by Gasteiger charge is -1.90. The highest BCUT2D eigenvalue weighted by Crippen LogP contribution is 2.16. The lowest BCUT2D eigenvalue weighted by molar-refractivity contribution is 0.349. The standard InChI is InChI=1S/C2H7O2PS/c1-4-5(6)2-3/h3,5H,2H2,1H3. The molecule has 1 atom stereocenters. The van der Waals surface area contributed by atoms with Crippen molar-refractivity contribution in [3.8, 4) is 0 Å². The Morgan fingerprint density at radius 2 is 2.50 bits per heavy atom. The molecule has 0 amide bonds. The zero-order valence-corrected chi connectivity index (χ0v) is 5.29. The lowest BCUT2D eigenvalue weighted by atomic mass is 11.7. The third-order valence-corrected chi connectivity index (χ3v) is 1.96. The van der Waals surface area contributed by atoms with E-state index in [0.717, 1.165) is 0 Å². The zero-order chi connectivity index (χ0) is 4.99. The van der Waals surface area contributed by atoms with Crippen molar-refractivity contribution in [2.75, 3.05) is 13.5 Å². The second-order valence-corrected chi connectivity index (χ2v) is 3.57. The van der Waals surface area contributed by atoms with Crippen molar-refractivity contribution in [2.24, 2.45) is 0 Å². The molecular formula is C2H7O2PS. The van der Waals surface area contributed by atoms with Crippen molar-refractivity contribution in [2.45, 2.75) is 0 Å². The number of hydrogen-bond donors (Lipinski definition) is 1. The summed E-state index contributed by atoms with van der Waals surface area (Å²) in [6.07, 6.45) is 0.0243. The predicted octanol–water partition coefficient (Wildman–Crippen LogP) is 0.174. The first kappa shape index (κ1) is 6.57. The Labute approximate surface area is 42.6 Å². The molecule has 0 saturated heterocycles. The first-order valence-electron chi connectivity index (χ1n) is 1.49. The van der Waals surface area contributed by atoms with E-state index in [-0.39, 0.29) is 6.35 Å². The maximum absolute atomic E-state index is 8.15. The Balaban J connectivity index is 2.99. The summed E-state index contributed by atoms with van der Waals surface area (Å²) in [5, 5.41) is 8.15. The summed E-state index contributed by atoms with van der Waals surface area (Å²) in [7, 11) is 1.51. The van der Waals surface area contributed by atoms with E-state index in [2.05, 4.69) is 16.3 Å². The summed E-state index contributed by atoms with van der Waals surface area (Å²) < 4.78 is 4.57. The fraction of sp³-hybridized carbons (Fsp3) is 1.00. The van der Waals surface area contributed by atoms with Gasteiger partial charge in [-0.2, -0.15) is 0 Å². The van der Waals surface area contributed by atoms with E-state index in [4.69, 9.17) is 5.11 Å². The van der Waals surface area contributed by atoms with Gasteiger partial charge in [-0.15, -0.1) is 0 Å². The second kappa shape index (κ2) is 3.75. The topological polar surface area (TPSA) is 29.5 Å². The summed E-state index contributed by atoms with van der Waals surface area (Å²) in [6.45, 7) is -1.23. The van der Waals surface area contributed by atoms with Crippen LogP contribution in [0.4, 0.5) is 0 Å². The van der Waals surface area contributed by atoms with Crippen molar-refractivity contribution in [3.63, 3.8) is 0 Å². The van der Waals surface area contributed by atoms with Crippen LogP contribution in [-0.4, -0.2) is 18.6 Å². The second-order valence-electron chi connectivity index (χ2n) is 0.734. The largest absolute Gasteiger partial charge is 0.389 e. The zero-order valence-electron chi connectivity index (χ0n) is 3.47. The first-order chi connectivity index (χ1) is 2.81. The Morgan fingerprint density at radius 1 is 2.00 bits per heavy atom. The Hall–Kier alpha value is 0.570. The van der Waals surface area contributed by atoms with E-state index < -0.39 is 6.92 Å². The van der Waals surface area contributed by atoms with Gasteiger partial charge < -0.3 is 9.63 Å². The molecule has 0 aliphatic rings. The minimum absolute atomic E-state index is 0.0243. The quantitative estimate of drug-likeness (QED) is 0.535. The molecule has 0 spiro atoms. The highest BCUT2D eigenvalue weighted by molar-refractivity contribution is 8.02. The molecule has 0 fully saturated rings. The van der Waals surface area contributed by atoms with E-state index in [9.17, 15) is 0 Å². The summed E-state index contributed by atoms with van der Waals surface area (Å²) >= 11 is 4.57. The van der Waals surface area contributed by atoms with Crippen LogP contribution in [0.2, 0.25) is 0 Å². The van der Waals surface area contributed by atoms with E-state index in [1.54, 1.807) is 0 Å². The van der Waals surface area contributed by atoms with E-state index in [0.29, 0.717) is 0 Å². The van der Waals surface area contributed by atoms with Crippen molar-refractivity contribution in [3.05, 3.63) is 0 Å². The van der Waals surface area contributed by atoms with Crippen molar-refractivity contribution in [1.29, 1.82) is 0 Å². The Morgan fingerprint density at radius 3 is 2.50 bits per heavy atom. The van der Waals surface area contributed by atoms with Gasteiger partial charge in [0.15, 0.2) is 0 Å². The minimum Gasteiger partial charge on any atom is -0.389 e. The first-order valence-corrected chi connectivity index (χ1v) is 4.23. The minimum atomic E-state index is -1.23. The highest BCUT2D eigenvalue weighted by Gasteiger charge is 1.79. The third kappa shape index (κ3) is 2.79. The van der Waals surface area contributed by atoms with Gasteiger partial charge in [-0.1, -0.05) is 11.8 Å². The molecule has 0 aromatic carbocycles. The van der Waals surface area contributed by atoms with Gasteiger partial charge in [-0.05, 0) is 0 Å². The molecule has 2 nitrogen and oxygen atoms in total. The van der Waals surface area contributed by atoms with Crippen LogP contribution in [0.1, 0.15) is 0 Å². The molecule has 0 aromatic rings. The van der Waals surface area contributed by atoms with Gasteiger partial charge in [0.05, 0.1) is 13.3 Å². The van der Waals surface area contributed by atoms with Crippen LogP contribution < -0.4 is 0 Å². The van der Waals surface area contributed by atoms with Gasteiger partial charge in [0.2, 0.25) is 0 Å². The SMILES string of the molecule is CO[PH](=S)CO. The molecule has 0 saturated carbocycles. The Bertz CT molecular complexity index is 49.5. The predicted molar refractivity (Wildman–Crippen MR) is 29.8 cm³/mol. The van der Waals surface area contributed by atoms with Crippen LogP contribution in [0, 0.1) is 0 Å². The number of rotatable bonds is 2. The van der Waals surface area contributed by atoms with Crippen molar-refractivity contribution in [1.82, 2.24) is 0 Å². The molecular weight excluding hydrogens is 119 g/mol. The maximum Gasteiger partial charge on any atom is 0.0918 e. The number of hydrogen-bond acceptors (Lipinski definition) is 3. The average Bonchev–Trinajstić information content (AvgIpc) is 1.65. The van der Waals surface area contributed by atoms with Gasteiger partial charge >= 0.3 is 0 Å². The molecule has 6 heavy (non-hydrogen) atoms. The number of aliphatic hydroxyl groups is 1. The van der Waals surface area contributed by atoms with E-state index in [1.807, 2.05) is 0 Å². The molecule has 38 valence electrons.